The number of unbranched alkanes of at least 4 members (excludes halogenated alkanes) is 2. The summed E-state index contributed by atoms with van der Waals surface area (Å²) >= 11 is 0. The predicted octanol–water partition coefficient (Wildman–Crippen LogP) is 2.03. The molecule has 104 valence electrons. The van der Waals surface area contributed by atoms with E-state index in [-0.39, 0.29) is 35.0 Å². The number of rotatable bonds is 6. The van der Waals surface area contributed by atoms with Crippen molar-refractivity contribution in [2.24, 2.45) is 11.8 Å². The highest BCUT2D eigenvalue weighted by Crippen LogP contribution is 2.26. The van der Waals surface area contributed by atoms with Gasteiger partial charge in [-0.3, -0.25) is 19.2 Å². The highest BCUT2D eigenvalue weighted by Gasteiger charge is 2.33. The molecule has 19 heavy (non-hydrogen) atoms. The van der Waals surface area contributed by atoms with Crippen LogP contribution in [0.15, 0.2) is 0 Å². The Kier molecular flexibility index (Phi) is 4.61. The number of carbonyl (C=O) groups excluding carboxylic acids is 4. The van der Waals surface area contributed by atoms with E-state index >= 15 is 0 Å². The fraction of sp³-hybridized carbons (Fsp3) is 0.733. The highest BCUT2D eigenvalue weighted by molar-refractivity contribution is 6.09. The summed E-state index contributed by atoms with van der Waals surface area (Å²) in [7, 11) is 0. The van der Waals surface area contributed by atoms with Crippen LogP contribution in [0.25, 0.3) is 0 Å². The largest absolute Gasteiger partial charge is 0.299 e. The number of ketones is 4. The van der Waals surface area contributed by atoms with Gasteiger partial charge in [-0.1, -0.05) is 19.3 Å². The van der Waals surface area contributed by atoms with Gasteiger partial charge in [-0.2, -0.15) is 0 Å². The Balaban J connectivity index is 1.62. The monoisotopic (exact) mass is 264 g/mol. The maximum atomic E-state index is 11.4. The molecule has 0 unspecified atom stereocenters. The van der Waals surface area contributed by atoms with E-state index in [2.05, 4.69) is 0 Å². The second kappa shape index (κ2) is 6.22. The zero-order valence-electron chi connectivity index (χ0n) is 11.2. The molecule has 0 aromatic heterocycles. The minimum atomic E-state index is -0.366. The first-order valence-corrected chi connectivity index (χ1v) is 7.20. The van der Waals surface area contributed by atoms with Crippen LogP contribution in [0.3, 0.4) is 0 Å². The second-order valence-corrected chi connectivity index (χ2v) is 5.61. The molecule has 0 bridgehead atoms. The van der Waals surface area contributed by atoms with E-state index in [1.54, 1.807) is 0 Å². The average Bonchev–Trinajstić information content (AvgIpc) is 2.86. The molecule has 0 amide bonds. The van der Waals surface area contributed by atoms with Crippen molar-refractivity contribution in [2.45, 2.75) is 57.8 Å². The summed E-state index contributed by atoms with van der Waals surface area (Å²) in [6.45, 7) is 0. The van der Waals surface area contributed by atoms with E-state index in [9.17, 15) is 19.2 Å². The van der Waals surface area contributed by atoms with Gasteiger partial charge in [0.25, 0.3) is 0 Å². The van der Waals surface area contributed by atoms with Crippen molar-refractivity contribution in [3.05, 3.63) is 0 Å². The highest BCUT2D eigenvalue weighted by atomic mass is 16.2. The van der Waals surface area contributed by atoms with Crippen LogP contribution in [0.5, 0.6) is 0 Å². The van der Waals surface area contributed by atoms with Gasteiger partial charge in [-0.15, -0.1) is 0 Å². The Morgan fingerprint density at radius 2 is 0.895 bits per heavy atom. The lowest BCUT2D eigenvalue weighted by Crippen LogP contribution is -2.15. The summed E-state index contributed by atoms with van der Waals surface area (Å²) in [5.74, 6) is -0.376. The standard InChI is InChI=1S/C15H20O4/c16-12-6-7-13(17)10(12)4-2-1-3-5-11-14(18)8-9-15(11)19/h10-11H,1-9H2. The van der Waals surface area contributed by atoms with Crippen molar-refractivity contribution in [1.82, 2.24) is 0 Å². The molecule has 2 aliphatic rings. The Bertz CT molecular complexity index is 340. The summed E-state index contributed by atoms with van der Waals surface area (Å²) in [6, 6.07) is 0. The van der Waals surface area contributed by atoms with Crippen molar-refractivity contribution in [2.75, 3.05) is 0 Å². The smallest absolute Gasteiger partial charge is 0.143 e. The molecule has 4 heteroatoms. The molecule has 2 fully saturated rings. The van der Waals surface area contributed by atoms with Crippen LogP contribution in [0.4, 0.5) is 0 Å². The molecule has 0 aliphatic heterocycles. The summed E-state index contributed by atoms with van der Waals surface area (Å²) in [5.41, 5.74) is 0. The number of carbonyl (C=O) groups is 4. The van der Waals surface area contributed by atoms with Gasteiger partial charge in [0.2, 0.25) is 0 Å². The van der Waals surface area contributed by atoms with Crippen LogP contribution < -0.4 is 0 Å². The first-order chi connectivity index (χ1) is 9.09. The summed E-state index contributed by atoms with van der Waals surface area (Å²) in [6.07, 6.45) is 5.48. The topological polar surface area (TPSA) is 68.3 Å². The van der Waals surface area contributed by atoms with Gasteiger partial charge >= 0.3 is 0 Å². The number of hydrogen-bond acceptors (Lipinski definition) is 4. The molecule has 0 saturated heterocycles. The maximum absolute atomic E-state index is 11.4. The Labute approximate surface area is 112 Å². The van der Waals surface area contributed by atoms with Gasteiger partial charge in [0, 0.05) is 25.7 Å². The molecule has 0 atom stereocenters. The van der Waals surface area contributed by atoms with Gasteiger partial charge in [0.15, 0.2) is 0 Å². The third kappa shape index (κ3) is 3.37. The van der Waals surface area contributed by atoms with Crippen LogP contribution >= 0.6 is 0 Å². The summed E-state index contributed by atoms with van der Waals surface area (Å²) < 4.78 is 0. The molecule has 0 radical (unpaired) electrons. The molecule has 0 aromatic rings. The fourth-order valence-corrected chi connectivity index (χ4v) is 3.07. The van der Waals surface area contributed by atoms with Crippen LogP contribution in [0.2, 0.25) is 0 Å². The Morgan fingerprint density at radius 1 is 0.579 bits per heavy atom. The van der Waals surface area contributed by atoms with Crippen LogP contribution in [-0.4, -0.2) is 23.1 Å². The first kappa shape index (κ1) is 14.1. The zero-order valence-corrected chi connectivity index (χ0v) is 11.2. The molecule has 2 saturated carbocycles. The molecule has 0 aromatic carbocycles. The van der Waals surface area contributed by atoms with Crippen LogP contribution in [0.1, 0.15) is 57.8 Å². The minimum absolute atomic E-state index is 0.0890. The molecule has 0 heterocycles. The average molecular weight is 264 g/mol. The number of hydrogen-bond donors (Lipinski definition) is 0. The van der Waals surface area contributed by atoms with Crippen molar-refractivity contribution in [3.63, 3.8) is 0 Å². The van der Waals surface area contributed by atoms with Crippen molar-refractivity contribution in [3.8, 4) is 0 Å². The third-order valence-electron chi connectivity index (χ3n) is 4.28. The molecule has 2 rings (SSSR count). The Hall–Kier alpha value is -1.32. The van der Waals surface area contributed by atoms with E-state index < -0.39 is 0 Å². The maximum Gasteiger partial charge on any atom is 0.143 e. The molecular weight excluding hydrogens is 244 g/mol. The predicted molar refractivity (Wildman–Crippen MR) is 68.6 cm³/mol. The van der Waals surface area contributed by atoms with E-state index in [0.29, 0.717) is 38.5 Å². The van der Waals surface area contributed by atoms with Crippen molar-refractivity contribution >= 4 is 23.1 Å². The molecule has 0 N–H and O–H groups in total. The first-order valence-electron chi connectivity index (χ1n) is 7.20. The molecular formula is C15H20O4. The number of Topliss-reactive ketones (excluding diaryl/α,β-unsaturated/α-hetero) is 4. The lowest BCUT2D eigenvalue weighted by Gasteiger charge is -2.08. The van der Waals surface area contributed by atoms with Crippen LogP contribution in [-0.2, 0) is 19.2 Å². The van der Waals surface area contributed by atoms with Gasteiger partial charge in [-0.05, 0) is 12.8 Å². The molecule has 2 aliphatic carbocycles. The normalized spacial score (nSPS) is 21.9. The zero-order chi connectivity index (χ0) is 13.8. The fourth-order valence-electron chi connectivity index (χ4n) is 3.07. The summed E-state index contributed by atoms with van der Waals surface area (Å²) in [5, 5.41) is 0. The molecule has 0 spiro atoms. The van der Waals surface area contributed by atoms with E-state index in [4.69, 9.17) is 0 Å². The lowest BCUT2D eigenvalue weighted by molar-refractivity contribution is -0.128. The van der Waals surface area contributed by atoms with Gasteiger partial charge in [0.05, 0.1) is 11.8 Å². The third-order valence-corrected chi connectivity index (χ3v) is 4.28. The van der Waals surface area contributed by atoms with Gasteiger partial charge < -0.3 is 0 Å². The van der Waals surface area contributed by atoms with Gasteiger partial charge in [0.1, 0.15) is 23.1 Å². The van der Waals surface area contributed by atoms with Crippen molar-refractivity contribution in [1.29, 1.82) is 0 Å². The van der Waals surface area contributed by atoms with Crippen LogP contribution in [0, 0.1) is 11.8 Å². The Morgan fingerprint density at radius 3 is 1.21 bits per heavy atom. The minimum Gasteiger partial charge on any atom is -0.299 e. The second-order valence-electron chi connectivity index (χ2n) is 5.61. The van der Waals surface area contributed by atoms with E-state index in [1.807, 2.05) is 0 Å². The summed E-state index contributed by atoms with van der Waals surface area (Å²) in [4.78, 5) is 45.7. The quantitative estimate of drug-likeness (QED) is 0.544. The molecule has 4 nitrogen and oxygen atoms in total. The van der Waals surface area contributed by atoms with E-state index in [1.165, 1.54) is 0 Å². The SMILES string of the molecule is O=C1CCC(=O)C1CCCCCC1C(=O)CCC1=O. The lowest BCUT2D eigenvalue weighted by atomic mass is 9.94. The van der Waals surface area contributed by atoms with Crippen molar-refractivity contribution < 1.29 is 19.2 Å². The van der Waals surface area contributed by atoms with E-state index in [0.717, 1.165) is 19.3 Å². The van der Waals surface area contributed by atoms with Gasteiger partial charge in [-0.25, -0.2) is 0 Å².